The number of carbonyl (C=O) groups is 10. The van der Waals surface area contributed by atoms with Crippen LogP contribution in [-0.2, 0) is 54.4 Å². The van der Waals surface area contributed by atoms with Crippen molar-refractivity contribution in [3.05, 3.63) is 35.9 Å². The van der Waals surface area contributed by atoms with Crippen molar-refractivity contribution in [1.29, 1.82) is 0 Å². The molecule has 0 saturated heterocycles. The molecule has 0 heterocycles. The number of nitrogens with one attached hydrogen (secondary N) is 5. The number of carbonyl (C=O) groups excluding carboxylic acids is 9. The molecule has 0 unspecified atom stereocenters. The fourth-order valence-corrected chi connectivity index (χ4v) is 10.1. The number of aliphatic carboxylic acids is 1. The number of nitrogens with two attached hydrogens (primary N) is 4. The van der Waals surface area contributed by atoms with Crippen molar-refractivity contribution in [2.75, 3.05) is 26.3 Å². The predicted octanol–water partition coefficient (Wildman–Crippen LogP) is 3.22. The molecule has 0 saturated carbocycles. The summed E-state index contributed by atoms with van der Waals surface area (Å²) in [5, 5.41) is 53.6. The van der Waals surface area contributed by atoms with Gasteiger partial charge in [-0.3, -0.25) is 57.9 Å². The Balaban J connectivity index is 3.26. The molecule has 0 aliphatic carbocycles. The molecular weight excluding hydrogens is 1130 g/mol. The summed E-state index contributed by atoms with van der Waals surface area (Å²) in [7, 11) is 0. The van der Waals surface area contributed by atoms with Gasteiger partial charge in [0.25, 0.3) is 0 Å². The number of guanidine groups is 2. The van der Waals surface area contributed by atoms with Gasteiger partial charge in [0.05, 0.1) is 43.4 Å². The molecule has 25 heteroatoms. The summed E-state index contributed by atoms with van der Waals surface area (Å²) >= 11 is 0. The zero-order valence-corrected chi connectivity index (χ0v) is 52.9. The fraction of sp³-hybridized carbons (Fsp3) is 0.714. The van der Waals surface area contributed by atoms with E-state index < -0.39 is 158 Å². The first-order valence-corrected chi connectivity index (χ1v) is 31.7. The van der Waals surface area contributed by atoms with Gasteiger partial charge in [0, 0.05) is 57.0 Å². The number of Topliss-reactive ketones (excluding diaryl/α,β-unsaturated/α-hetero) is 4. The minimum atomic E-state index is -1.66. The molecule has 0 spiro atoms. The van der Waals surface area contributed by atoms with E-state index in [-0.39, 0.29) is 70.0 Å². The number of aliphatic hydroxyl groups excluding tert-OH is 3. The lowest BCUT2D eigenvalue weighted by Crippen LogP contribution is -2.57. The Kier molecular flexibility index (Phi) is 41.6. The van der Waals surface area contributed by atoms with Gasteiger partial charge in [-0.15, -0.1) is 0 Å². The smallest absolute Gasteiger partial charge is 0.303 e. The molecule has 17 N–H and O–H groups in total. The van der Waals surface area contributed by atoms with Crippen molar-refractivity contribution >= 4 is 70.6 Å². The largest absolute Gasteiger partial charge is 0.481 e. The van der Waals surface area contributed by atoms with Crippen LogP contribution in [0.4, 0.5) is 0 Å². The van der Waals surface area contributed by atoms with Crippen LogP contribution in [0.5, 0.6) is 0 Å². The third kappa shape index (κ3) is 35.2. The van der Waals surface area contributed by atoms with Gasteiger partial charge in [0.15, 0.2) is 35.1 Å². The van der Waals surface area contributed by atoms with Crippen LogP contribution >= 0.6 is 0 Å². The second-order valence-electron chi connectivity index (χ2n) is 23.5. The van der Waals surface area contributed by atoms with Crippen molar-refractivity contribution in [3.8, 4) is 0 Å². The predicted molar refractivity (Wildman–Crippen MR) is 337 cm³/mol. The summed E-state index contributed by atoms with van der Waals surface area (Å²) in [4.78, 5) is 143. The topological polar surface area (TPSA) is 441 Å². The Bertz CT molecular complexity index is 2350. The second-order valence-corrected chi connectivity index (χ2v) is 23.5. The van der Waals surface area contributed by atoms with Gasteiger partial charge in [-0.05, 0) is 70.3 Å². The van der Waals surface area contributed by atoms with Crippen molar-refractivity contribution in [2.24, 2.45) is 56.6 Å². The lowest BCUT2D eigenvalue weighted by Gasteiger charge is -2.28. The highest BCUT2D eigenvalue weighted by Crippen LogP contribution is 2.21. The average Bonchev–Trinajstić information content (AvgIpc) is 2.07. The molecule has 1 rings (SSSR count). The molecule has 0 radical (unpaired) electrons. The Morgan fingerprint density at radius 1 is 0.489 bits per heavy atom. The minimum absolute atomic E-state index is 0.00316. The van der Waals surface area contributed by atoms with Crippen molar-refractivity contribution in [3.63, 3.8) is 0 Å². The van der Waals surface area contributed by atoms with Crippen LogP contribution in [0, 0.1) is 23.7 Å². The van der Waals surface area contributed by atoms with Gasteiger partial charge in [0.2, 0.25) is 29.5 Å². The standard InChI is InChI=1S/C63H107N11O14/c1-6-7-8-9-10-11-12-13-14-15-16-17-18-19-23-30-54(82)73-57(43(5)78)61(88)74-56(41(2)3)53(81)37-46(35-44-26-21-20-22-27-44)59(86)71-49(29-25-34-69-63(66)67)51(79)38-47(39-75)60(87)72-50(40-76)52(80)36-45(28-24-33-68-62(64)65)58(85)70-48(42(4)77)31-32-55(83)84/h20-22,26-27,41,43,45-50,56-57,75-76,78H,6-19,23-25,28-40H2,1-5H3,(H,70,85)(H,71,86)(H,72,87)(H,73,82)(H,74,88)(H,83,84)(H4,64,65,68)(H4,66,67,69)/t43-,45-,46-,47+,48+,49+,50+,56+,57+/m1/s1. The van der Waals surface area contributed by atoms with Crippen LogP contribution in [0.3, 0.4) is 0 Å². The molecule has 0 aliphatic rings. The summed E-state index contributed by atoms with van der Waals surface area (Å²) in [5.74, 6) is -12.5. The molecule has 1 aromatic carbocycles. The summed E-state index contributed by atoms with van der Waals surface area (Å²) < 4.78 is 0. The number of rotatable bonds is 52. The van der Waals surface area contributed by atoms with Gasteiger partial charge < -0.3 is 69.9 Å². The number of unbranched alkanes of at least 4 members (excludes halogenated alkanes) is 14. The zero-order valence-electron chi connectivity index (χ0n) is 52.9. The number of aliphatic imine (C=N–C) groups is 2. The number of carboxylic acid groups (broad SMARTS) is 1. The number of hydrogen-bond acceptors (Lipinski definition) is 15. The molecule has 0 aliphatic heterocycles. The lowest BCUT2D eigenvalue weighted by molar-refractivity contribution is -0.138. The zero-order chi connectivity index (χ0) is 66.0. The highest BCUT2D eigenvalue weighted by Gasteiger charge is 2.36. The van der Waals surface area contributed by atoms with Gasteiger partial charge in [-0.2, -0.15) is 0 Å². The summed E-state index contributed by atoms with van der Waals surface area (Å²) in [5.41, 5.74) is 22.6. The van der Waals surface area contributed by atoms with Crippen LogP contribution in [0.25, 0.3) is 0 Å². The van der Waals surface area contributed by atoms with Crippen LogP contribution in [0.1, 0.15) is 201 Å². The summed E-state index contributed by atoms with van der Waals surface area (Å²) in [6.45, 7) is 6.28. The van der Waals surface area contributed by atoms with E-state index >= 15 is 0 Å². The fourth-order valence-electron chi connectivity index (χ4n) is 10.1. The van der Waals surface area contributed by atoms with E-state index in [1.54, 1.807) is 44.2 Å². The average molecular weight is 1240 g/mol. The molecule has 25 nitrogen and oxygen atoms in total. The first-order chi connectivity index (χ1) is 41.8. The second kappa shape index (κ2) is 46.3. The molecule has 0 aromatic heterocycles. The molecule has 5 amide bonds. The van der Waals surface area contributed by atoms with E-state index in [9.17, 15) is 63.3 Å². The van der Waals surface area contributed by atoms with Crippen molar-refractivity contribution < 1.29 is 68.4 Å². The highest BCUT2D eigenvalue weighted by molar-refractivity contribution is 5.98. The summed E-state index contributed by atoms with van der Waals surface area (Å²) in [6, 6.07) is 1.95. The first kappa shape index (κ1) is 79.2. The maximum absolute atomic E-state index is 14.5. The van der Waals surface area contributed by atoms with E-state index in [0.29, 0.717) is 12.0 Å². The van der Waals surface area contributed by atoms with Crippen LogP contribution in [0.15, 0.2) is 40.3 Å². The molecule has 1 aromatic rings. The van der Waals surface area contributed by atoms with Gasteiger partial charge in [0.1, 0.15) is 12.1 Å². The number of nitrogens with zero attached hydrogens (tertiary/aromatic N) is 2. The van der Waals surface area contributed by atoms with Crippen LogP contribution < -0.4 is 49.5 Å². The SMILES string of the molecule is CCCCCCCCCCCCCCCCCC(=O)N[C@H](C(=O)N[C@H](C(=O)C[C@@H](Cc1ccccc1)C(=O)N[C@@H](CCCN=C(N)N)C(=O)C[C@@H](CO)C(=O)N[C@@H](CO)C(=O)C[C@@H](CCCN=C(N)N)C(=O)N[C@@H](CCC(=O)O)C(C)=O)C(C)C)[C@@H](C)O. The minimum Gasteiger partial charge on any atom is -0.481 e. The molecule has 88 heavy (non-hydrogen) atoms. The third-order valence-electron chi connectivity index (χ3n) is 15.4. The number of ketones is 4. The molecular formula is C63H107N11O14. The number of carboxylic acids is 1. The maximum Gasteiger partial charge on any atom is 0.303 e. The van der Waals surface area contributed by atoms with E-state index in [2.05, 4.69) is 43.5 Å². The number of amides is 5. The maximum atomic E-state index is 14.5. The van der Waals surface area contributed by atoms with Crippen molar-refractivity contribution in [2.45, 2.75) is 238 Å². The Morgan fingerprint density at radius 2 is 0.955 bits per heavy atom. The van der Waals surface area contributed by atoms with Gasteiger partial charge in [-0.25, -0.2) is 0 Å². The van der Waals surface area contributed by atoms with E-state index in [1.807, 2.05) is 0 Å². The normalized spacial score (nSPS) is 14.3. The number of aliphatic hydroxyl groups is 3. The van der Waals surface area contributed by atoms with E-state index in [4.69, 9.17) is 28.0 Å². The van der Waals surface area contributed by atoms with Crippen LogP contribution in [0.2, 0.25) is 0 Å². The van der Waals surface area contributed by atoms with E-state index in [1.165, 1.54) is 71.1 Å². The summed E-state index contributed by atoms with van der Waals surface area (Å²) in [6.07, 6.45) is 14.1. The van der Waals surface area contributed by atoms with Gasteiger partial charge in [-0.1, -0.05) is 141 Å². The first-order valence-electron chi connectivity index (χ1n) is 31.7. The molecule has 0 fully saturated rings. The number of hydrogen-bond donors (Lipinski definition) is 13. The highest BCUT2D eigenvalue weighted by atomic mass is 16.4. The molecule has 0 bridgehead atoms. The quantitative estimate of drug-likeness (QED) is 0.0253. The third-order valence-corrected chi connectivity index (χ3v) is 15.4. The lowest BCUT2D eigenvalue weighted by atomic mass is 9.87. The van der Waals surface area contributed by atoms with E-state index in [0.717, 1.165) is 32.6 Å². The molecule has 9 atom stereocenters. The van der Waals surface area contributed by atoms with Crippen molar-refractivity contribution in [1.82, 2.24) is 26.6 Å². The Hall–Kier alpha value is -6.86. The Labute approximate surface area is 520 Å². The Morgan fingerprint density at radius 3 is 1.44 bits per heavy atom. The monoisotopic (exact) mass is 1240 g/mol. The number of benzene rings is 1. The van der Waals surface area contributed by atoms with Crippen LogP contribution in [-0.4, -0.2) is 154 Å². The molecule has 498 valence electrons. The van der Waals surface area contributed by atoms with Gasteiger partial charge >= 0.3 is 5.97 Å².